The van der Waals surface area contributed by atoms with Crippen molar-refractivity contribution in [2.75, 3.05) is 6.54 Å². The number of thioether (sulfide) groups is 1. The summed E-state index contributed by atoms with van der Waals surface area (Å²) in [5.74, 6) is 1.06. The highest BCUT2D eigenvalue weighted by Gasteiger charge is 2.32. The highest BCUT2D eigenvalue weighted by Crippen LogP contribution is 2.32. The maximum absolute atomic E-state index is 12.1. The van der Waals surface area contributed by atoms with E-state index in [2.05, 4.69) is 13.8 Å². The molecule has 1 fully saturated rings. The van der Waals surface area contributed by atoms with Gasteiger partial charge in [-0.3, -0.25) is 9.69 Å². The molecule has 0 atom stereocenters. The fourth-order valence-corrected chi connectivity index (χ4v) is 2.78. The Morgan fingerprint density at radius 2 is 2.35 bits per heavy atom. The van der Waals surface area contributed by atoms with Gasteiger partial charge in [0.05, 0.1) is 11.2 Å². The Kier molecular flexibility index (Phi) is 3.69. The smallest absolute Gasteiger partial charge is 0.266 e. The number of thiocarbonyl (C=S) groups is 1. The van der Waals surface area contributed by atoms with Crippen molar-refractivity contribution in [3.05, 3.63) is 29.1 Å². The van der Waals surface area contributed by atoms with Crippen LogP contribution in [0.2, 0.25) is 0 Å². The quantitative estimate of drug-likeness (QED) is 0.622. The predicted molar refractivity (Wildman–Crippen MR) is 73.4 cm³/mol. The van der Waals surface area contributed by atoms with Gasteiger partial charge in [-0.15, -0.1) is 0 Å². The second-order valence-electron chi connectivity index (χ2n) is 4.20. The zero-order valence-corrected chi connectivity index (χ0v) is 11.3. The van der Waals surface area contributed by atoms with Crippen molar-refractivity contribution in [2.45, 2.75) is 13.8 Å². The molecule has 5 heteroatoms. The van der Waals surface area contributed by atoms with Crippen molar-refractivity contribution in [3.8, 4) is 0 Å². The van der Waals surface area contributed by atoms with Crippen LogP contribution in [0.25, 0.3) is 6.08 Å². The zero-order valence-electron chi connectivity index (χ0n) is 9.67. The van der Waals surface area contributed by atoms with Crippen LogP contribution in [0.1, 0.15) is 19.6 Å². The van der Waals surface area contributed by atoms with E-state index < -0.39 is 0 Å². The van der Waals surface area contributed by atoms with Crippen LogP contribution in [0.15, 0.2) is 27.7 Å². The number of carbonyl (C=O) groups excluding carboxylic acids is 1. The molecule has 1 amide bonds. The average Bonchev–Trinajstić information content (AvgIpc) is 2.83. The lowest BCUT2D eigenvalue weighted by Gasteiger charge is -2.16. The van der Waals surface area contributed by atoms with Crippen LogP contribution in [0.5, 0.6) is 0 Å². The summed E-state index contributed by atoms with van der Waals surface area (Å²) in [7, 11) is 0. The van der Waals surface area contributed by atoms with Gasteiger partial charge in [0.2, 0.25) is 0 Å². The van der Waals surface area contributed by atoms with Crippen LogP contribution in [-0.4, -0.2) is 21.7 Å². The maximum atomic E-state index is 12.1. The van der Waals surface area contributed by atoms with Gasteiger partial charge in [-0.05, 0) is 18.1 Å². The summed E-state index contributed by atoms with van der Waals surface area (Å²) < 4.78 is 5.82. The Hall–Kier alpha value is -1.07. The first-order valence-corrected chi connectivity index (χ1v) is 6.59. The van der Waals surface area contributed by atoms with Crippen molar-refractivity contribution in [1.29, 1.82) is 0 Å². The molecular formula is C12H13NO2S2. The van der Waals surface area contributed by atoms with Crippen LogP contribution >= 0.6 is 24.0 Å². The van der Waals surface area contributed by atoms with Crippen LogP contribution in [0.4, 0.5) is 0 Å². The number of amides is 1. The molecule has 1 aliphatic rings. The van der Waals surface area contributed by atoms with E-state index in [1.807, 2.05) is 6.07 Å². The second kappa shape index (κ2) is 5.06. The molecule has 17 heavy (non-hydrogen) atoms. The number of rotatable bonds is 3. The van der Waals surface area contributed by atoms with Crippen LogP contribution < -0.4 is 0 Å². The Bertz CT molecular complexity index is 463. The minimum Gasteiger partial charge on any atom is -0.465 e. The van der Waals surface area contributed by atoms with E-state index in [1.54, 1.807) is 23.3 Å². The zero-order chi connectivity index (χ0) is 12.4. The summed E-state index contributed by atoms with van der Waals surface area (Å²) in [5.41, 5.74) is 0. The van der Waals surface area contributed by atoms with Crippen molar-refractivity contribution >= 4 is 40.3 Å². The number of furan rings is 1. The highest BCUT2D eigenvalue weighted by atomic mass is 32.2. The number of nitrogens with zero attached hydrogens (tertiary/aromatic N) is 1. The molecule has 2 heterocycles. The Labute approximate surface area is 110 Å². The van der Waals surface area contributed by atoms with Crippen LogP contribution in [0.3, 0.4) is 0 Å². The summed E-state index contributed by atoms with van der Waals surface area (Å²) >= 11 is 6.54. The van der Waals surface area contributed by atoms with Gasteiger partial charge >= 0.3 is 0 Å². The lowest BCUT2D eigenvalue weighted by Crippen LogP contribution is -2.31. The fourth-order valence-electron chi connectivity index (χ4n) is 1.53. The highest BCUT2D eigenvalue weighted by molar-refractivity contribution is 8.26. The maximum Gasteiger partial charge on any atom is 0.266 e. The van der Waals surface area contributed by atoms with Crippen LogP contribution in [-0.2, 0) is 4.79 Å². The molecule has 1 aliphatic heterocycles. The normalized spacial score (nSPS) is 18.8. The first-order valence-electron chi connectivity index (χ1n) is 5.37. The molecule has 0 N–H and O–H groups in total. The van der Waals surface area contributed by atoms with Crippen molar-refractivity contribution in [2.24, 2.45) is 5.92 Å². The van der Waals surface area contributed by atoms with Gasteiger partial charge < -0.3 is 4.42 Å². The van der Waals surface area contributed by atoms with Gasteiger partial charge in [-0.2, -0.15) is 0 Å². The van der Waals surface area contributed by atoms with E-state index in [1.165, 1.54) is 11.8 Å². The van der Waals surface area contributed by atoms with Crippen molar-refractivity contribution < 1.29 is 9.21 Å². The molecule has 2 rings (SSSR count). The van der Waals surface area contributed by atoms with E-state index in [9.17, 15) is 4.79 Å². The third-order valence-corrected chi connectivity index (χ3v) is 3.62. The topological polar surface area (TPSA) is 33.5 Å². The first-order chi connectivity index (χ1) is 8.08. The Balaban J connectivity index is 2.18. The van der Waals surface area contributed by atoms with E-state index in [0.29, 0.717) is 27.4 Å². The van der Waals surface area contributed by atoms with Gasteiger partial charge in [-0.25, -0.2) is 0 Å². The monoisotopic (exact) mass is 267 g/mol. The molecule has 1 aromatic heterocycles. The summed E-state index contributed by atoms with van der Waals surface area (Å²) in [6.45, 7) is 4.80. The minimum absolute atomic E-state index is 0.0231. The lowest BCUT2D eigenvalue weighted by molar-refractivity contribution is -0.122. The van der Waals surface area contributed by atoms with E-state index in [0.717, 1.165) is 0 Å². The molecule has 1 aromatic rings. The molecule has 0 saturated carbocycles. The van der Waals surface area contributed by atoms with Gasteiger partial charge in [0.15, 0.2) is 0 Å². The average molecular weight is 267 g/mol. The largest absolute Gasteiger partial charge is 0.465 e. The molecule has 0 radical (unpaired) electrons. The standard InChI is InChI=1S/C12H13NO2S2/c1-8(2)7-13-11(14)10(17-12(13)16)6-9-4-3-5-15-9/h3-6,8H,7H2,1-2H3/b10-6-. The molecule has 90 valence electrons. The van der Waals surface area contributed by atoms with E-state index in [-0.39, 0.29) is 5.91 Å². The second-order valence-corrected chi connectivity index (χ2v) is 5.88. The van der Waals surface area contributed by atoms with Crippen LogP contribution in [0, 0.1) is 5.92 Å². The molecule has 0 spiro atoms. The molecule has 3 nitrogen and oxygen atoms in total. The van der Waals surface area contributed by atoms with E-state index in [4.69, 9.17) is 16.6 Å². The predicted octanol–water partition coefficient (Wildman–Crippen LogP) is 3.14. The van der Waals surface area contributed by atoms with Gasteiger partial charge in [0, 0.05) is 12.6 Å². The lowest BCUT2D eigenvalue weighted by atomic mass is 10.2. The summed E-state index contributed by atoms with van der Waals surface area (Å²) in [4.78, 5) is 14.4. The van der Waals surface area contributed by atoms with Gasteiger partial charge in [-0.1, -0.05) is 37.8 Å². The summed E-state index contributed by atoms with van der Waals surface area (Å²) in [5, 5.41) is 0. The molecule has 0 bridgehead atoms. The first kappa shape index (κ1) is 12.4. The van der Waals surface area contributed by atoms with Crippen molar-refractivity contribution in [1.82, 2.24) is 4.90 Å². The number of hydrogen-bond donors (Lipinski definition) is 0. The molecule has 1 saturated heterocycles. The third kappa shape index (κ3) is 2.79. The number of carbonyl (C=O) groups is 1. The Morgan fingerprint density at radius 1 is 1.59 bits per heavy atom. The SMILES string of the molecule is CC(C)CN1C(=O)/C(=C/c2ccco2)SC1=S. The molecule has 0 aromatic carbocycles. The van der Waals surface area contributed by atoms with Gasteiger partial charge in [0.1, 0.15) is 10.1 Å². The minimum atomic E-state index is -0.0231. The molecule has 0 aliphatic carbocycles. The summed E-state index contributed by atoms with van der Waals surface area (Å²) in [6.07, 6.45) is 3.32. The molecule has 0 unspecified atom stereocenters. The Morgan fingerprint density at radius 3 is 2.94 bits per heavy atom. The fraction of sp³-hybridized carbons (Fsp3) is 0.333. The van der Waals surface area contributed by atoms with Crippen molar-refractivity contribution in [3.63, 3.8) is 0 Å². The van der Waals surface area contributed by atoms with Gasteiger partial charge in [0.25, 0.3) is 5.91 Å². The third-order valence-electron chi connectivity index (χ3n) is 2.24. The number of hydrogen-bond acceptors (Lipinski definition) is 4. The van der Waals surface area contributed by atoms with E-state index >= 15 is 0 Å². The summed E-state index contributed by atoms with van der Waals surface area (Å²) in [6, 6.07) is 3.61. The molecular weight excluding hydrogens is 254 g/mol.